The molecule has 21 heavy (non-hydrogen) atoms. The number of hydrogen-bond donors (Lipinski definition) is 4. The Morgan fingerprint density at radius 2 is 2.10 bits per heavy atom. The Labute approximate surface area is 133 Å². The number of amides is 2. The van der Waals surface area contributed by atoms with Crippen LogP contribution in [0.3, 0.4) is 0 Å². The van der Waals surface area contributed by atoms with Gasteiger partial charge in [-0.2, -0.15) is 0 Å². The minimum absolute atomic E-state index is 0.188. The maximum atomic E-state index is 11.6. The highest BCUT2D eigenvalue weighted by Crippen LogP contribution is 2.13. The fourth-order valence-electron chi connectivity index (χ4n) is 1.87. The van der Waals surface area contributed by atoms with Gasteiger partial charge >= 0.3 is 6.03 Å². The third-order valence-corrected chi connectivity index (χ3v) is 3.40. The van der Waals surface area contributed by atoms with Crippen molar-refractivity contribution in [2.75, 3.05) is 18.5 Å². The third kappa shape index (κ3) is 5.74. The molecule has 0 bridgehead atoms. The van der Waals surface area contributed by atoms with Crippen molar-refractivity contribution in [1.82, 2.24) is 16.2 Å². The van der Waals surface area contributed by atoms with Gasteiger partial charge in [0.25, 0.3) is 0 Å². The summed E-state index contributed by atoms with van der Waals surface area (Å²) >= 11 is 10.8. The number of thiocarbonyl (C=S) groups is 1. The largest absolute Gasteiger partial charge is 0.376 e. The van der Waals surface area contributed by atoms with Crippen LogP contribution in [0.1, 0.15) is 12.8 Å². The number of halogens is 1. The van der Waals surface area contributed by atoms with Gasteiger partial charge in [-0.05, 0) is 49.3 Å². The van der Waals surface area contributed by atoms with Crippen molar-refractivity contribution in [3.63, 3.8) is 0 Å². The molecule has 1 unspecified atom stereocenters. The summed E-state index contributed by atoms with van der Waals surface area (Å²) in [5.41, 5.74) is 5.69. The molecule has 1 fully saturated rings. The van der Waals surface area contributed by atoms with E-state index in [-0.39, 0.29) is 6.10 Å². The van der Waals surface area contributed by atoms with E-state index in [2.05, 4.69) is 21.5 Å². The highest BCUT2D eigenvalue weighted by molar-refractivity contribution is 7.80. The van der Waals surface area contributed by atoms with Crippen LogP contribution in [-0.2, 0) is 4.74 Å². The predicted octanol–water partition coefficient (Wildman–Crippen LogP) is 2.02. The van der Waals surface area contributed by atoms with Crippen LogP contribution >= 0.6 is 23.8 Å². The Morgan fingerprint density at radius 1 is 1.33 bits per heavy atom. The van der Waals surface area contributed by atoms with Crippen LogP contribution < -0.4 is 21.5 Å². The lowest BCUT2D eigenvalue weighted by Gasteiger charge is -2.14. The summed E-state index contributed by atoms with van der Waals surface area (Å²) in [7, 11) is 0. The Kier molecular flexibility index (Phi) is 6.04. The molecule has 6 nitrogen and oxygen atoms in total. The van der Waals surface area contributed by atoms with E-state index >= 15 is 0 Å². The number of benzene rings is 1. The van der Waals surface area contributed by atoms with Gasteiger partial charge in [-0.3, -0.25) is 5.43 Å². The van der Waals surface area contributed by atoms with Gasteiger partial charge in [0.2, 0.25) is 0 Å². The maximum Gasteiger partial charge on any atom is 0.337 e. The average molecular weight is 329 g/mol. The van der Waals surface area contributed by atoms with Crippen LogP contribution in [0.5, 0.6) is 0 Å². The predicted molar refractivity (Wildman–Crippen MR) is 86.3 cm³/mol. The normalized spacial score (nSPS) is 17.1. The van der Waals surface area contributed by atoms with Crippen LogP contribution in [0.4, 0.5) is 10.5 Å². The zero-order valence-corrected chi connectivity index (χ0v) is 12.9. The quantitative estimate of drug-likeness (QED) is 0.504. The van der Waals surface area contributed by atoms with Crippen LogP contribution in [0, 0.1) is 0 Å². The number of ether oxygens (including phenoxy) is 1. The molecule has 0 spiro atoms. The Morgan fingerprint density at radius 3 is 2.76 bits per heavy atom. The second-order valence-electron chi connectivity index (χ2n) is 4.56. The number of nitrogens with one attached hydrogen (secondary N) is 4. The SMILES string of the molecule is O=C(NNC(=S)NCC1CCCO1)Nc1ccc(Cl)cc1. The number of hydrazine groups is 1. The van der Waals surface area contributed by atoms with Gasteiger partial charge in [0, 0.05) is 23.9 Å². The average Bonchev–Trinajstić information content (AvgIpc) is 2.99. The van der Waals surface area contributed by atoms with Gasteiger partial charge in [0.05, 0.1) is 6.10 Å². The lowest BCUT2D eigenvalue weighted by Crippen LogP contribution is -2.49. The molecule has 0 aromatic heterocycles. The second kappa shape index (κ2) is 8.02. The minimum atomic E-state index is -0.418. The zero-order valence-electron chi connectivity index (χ0n) is 11.3. The van der Waals surface area contributed by atoms with E-state index in [9.17, 15) is 4.79 Å². The van der Waals surface area contributed by atoms with Crippen molar-refractivity contribution in [3.05, 3.63) is 29.3 Å². The van der Waals surface area contributed by atoms with Crippen molar-refractivity contribution in [2.24, 2.45) is 0 Å². The van der Waals surface area contributed by atoms with Gasteiger partial charge < -0.3 is 15.4 Å². The monoisotopic (exact) mass is 328 g/mol. The van der Waals surface area contributed by atoms with E-state index in [1.54, 1.807) is 24.3 Å². The molecular weight excluding hydrogens is 312 g/mol. The van der Waals surface area contributed by atoms with Crippen LogP contribution in [-0.4, -0.2) is 30.4 Å². The summed E-state index contributed by atoms with van der Waals surface area (Å²) < 4.78 is 5.46. The number of hydrogen-bond acceptors (Lipinski definition) is 3. The summed E-state index contributed by atoms with van der Waals surface area (Å²) in [5, 5.41) is 6.58. The summed E-state index contributed by atoms with van der Waals surface area (Å²) in [4.78, 5) is 11.6. The summed E-state index contributed by atoms with van der Waals surface area (Å²) in [6.45, 7) is 1.43. The number of carbonyl (C=O) groups excluding carboxylic acids is 1. The molecular formula is C13H17ClN4O2S. The molecule has 2 amide bonds. The first-order chi connectivity index (χ1) is 10.1. The molecule has 0 saturated carbocycles. The first kappa shape index (κ1) is 15.8. The third-order valence-electron chi connectivity index (χ3n) is 2.91. The standard InChI is InChI=1S/C13H17ClN4O2S/c14-9-3-5-10(6-4-9)16-12(19)17-18-13(21)15-8-11-2-1-7-20-11/h3-6,11H,1-2,7-8H2,(H2,15,18,21)(H2,16,17,19). The number of urea groups is 1. The molecule has 2 rings (SSSR count). The van der Waals surface area contributed by atoms with Crippen LogP contribution in [0.25, 0.3) is 0 Å². The molecule has 1 aliphatic heterocycles. The first-order valence-corrected chi connectivity index (χ1v) is 7.40. The van der Waals surface area contributed by atoms with Gasteiger partial charge in [0.1, 0.15) is 0 Å². The van der Waals surface area contributed by atoms with Gasteiger partial charge in [-0.25, -0.2) is 10.2 Å². The molecule has 4 N–H and O–H groups in total. The Bertz CT molecular complexity index is 491. The van der Waals surface area contributed by atoms with Crippen LogP contribution in [0.2, 0.25) is 5.02 Å². The van der Waals surface area contributed by atoms with E-state index in [1.807, 2.05) is 0 Å². The molecule has 0 radical (unpaired) electrons. The highest BCUT2D eigenvalue weighted by Gasteiger charge is 2.15. The molecule has 1 heterocycles. The highest BCUT2D eigenvalue weighted by atomic mass is 35.5. The molecule has 8 heteroatoms. The van der Waals surface area contributed by atoms with Gasteiger partial charge in [-0.1, -0.05) is 11.6 Å². The first-order valence-electron chi connectivity index (χ1n) is 6.61. The van der Waals surface area contributed by atoms with Crippen molar-refractivity contribution in [1.29, 1.82) is 0 Å². The maximum absolute atomic E-state index is 11.6. The number of carbonyl (C=O) groups is 1. The van der Waals surface area contributed by atoms with E-state index < -0.39 is 6.03 Å². The number of anilines is 1. The van der Waals surface area contributed by atoms with Crippen molar-refractivity contribution in [3.8, 4) is 0 Å². The van der Waals surface area contributed by atoms with Gasteiger partial charge in [-0.15, -0.1) is 0 Å². The molecule has 1 aliphatic rings. The van der Waals surface area contributed by atoms with E-state index in [0.29, 0.717) is 22.4 Å². The fourth-order valence-corrected chi connectivity index (χ4v) is 2.13. The lowest BCUT2D eigenvalue weighted by atomic mass is 10.2. The summed E-state index contributed by atoms with van der Waals surface area (Å²) in [6, 6.07) is 6.38. The molecule has 1 aromatic rings. The zero-order chi connectivity index (χ0) is 15.1. The van der Waals surface area contributed by atoms with Gasteiger partial charge in [0.15, 0.2) is 5.11 Å². The molecule has 0 aliphatic carbocycles. The van der Waals surface area contributed by atoms with E-state index in [4.69, 9.17) is 28.6 Å². The molecule has 1 aromatic carbocycles. The van der Waals surface area contributed by atoms with Crippen LogP contribution in [0.15, 0.2) is 24.3 Å². The topological polar surface area (TPSA) is 74.4 Å². The smallest absolute Gasteiger partial charge is 0.337 e. The fraction of sp³-hybridized carbons (Fsp3) is 0.385. The summed E-state index contributed by atoms with van der Waals surface area (Å²) in [6.07, 6.45) is 2.29. The number of rotatable bonds is 3. The summed E-state index contributed by atoms with van der Waals surface area (Å²) in [5.74, 6) is 0. The lowest BCUT2D eigenvalue weighted by molar-refractivity contribution is 0.114. The van der Waals surface area contributed by atoms with E-state index in [1.165, 1.54) is 0 Å². The second-order valence-corrected chi connectivity index (χ2v) is 5.40. The van der Waals surface area contributed by atoms with Crippen molar-refractivity contribution < 1.29 is 9.53 Å². The Balaban J connectivity index is 1.63. The van der Waals surface area contributed by atoms with Crippen molar-refractivity contribution >= 4 is 40.6 Å². The van der Waals surface area contributed by atoms with E-state index in [0.717, 1.165) is 19.4 Å². The molecule has 114 valence electrons. The Hall–Kier alpha value is -1.57. The molecule has 1 saturated heterocycles. The minimum Gasteiger partial charge on any atom is -0.376 e. The molecule has 1 atom stereocenters. The van der Waals surface area contributed by atoms with Crippen molar-refractivity contribution in [2.45, 2.75) is 18.9 Å².